The van der Waals surface area contributed by atoms with E-state index in [4.69, 9.17) is 34.0 Å². The highest BCUT2D eigenvalue weighted by molar-refractivity contribution is 6.35. The van der Waals surface area contributed by atoms with Crippen LogP contribution < -0.4 is 11.1 Å². The number of nitrogens with one attached hydrogen (secondary N) is 1. The van der Waals surface area contributed by atoms with Gasteiger partial charge in [-0.3, -0.25) is 9.59 Å². The van der Waals surface area contributed by atoms with Crippen molar-refractivity contribution in [1.29, 1.82) is 0 Å². The van der Waals surface area contributed by atoms with Crippen molar-refractivity contribution >= 4 is 41.1 Å². The minimum absolute atomic E-state index is 0.243. The van der Waals surface area contributed by atoms with Gasteiger partial charge in [-0.1, -0.05) is 29.3 Å². The first kappa shape index (κ1) is 15.5. The zero-order valence-electron chi connectivity index (χ0n) is 9.77. The second kappa shape index (κ2) is 7.13. The number of aliphatic hydroxyl groups excluding tert-OH is 1. The van der Waals surface area contributed by atoms with Crippen molar-refractivity contribution in [3.8, 4) is 0 Å². The number of amides is 2. The Morgan fingerprint density at radius 3 is 2.68 bits per heavy atom. The molecule has 1 rings (SSSR count). The van der Waals surface area contributed by atoms with Crippen LogP contribution in [0.4, 0.5) is 0 Å². The number of hydrogen-bond acceptors (Lipinski definition) is 3. The molecule has 0 aliphatic heterocycles. The number of halogens is 2. The number of primary amides is 1. The van der Waals surface area contributed by atoms with Crippen molar-refractivity contribution in [3.63, 3.8) is 0 Å². The van der Waals surface area contributed by atoms with Crippen molar-refractivity contribution in [2.24, 2.45) is 5.73 Å². The van der Waals surface area contributed by atoms with E-state index in [9.17, 15) is 9.59 Å². The Balaban J connectivity index is 2.56. The monoisotopic (exact) mass is 302 g/mol. The second-order valence-electron chi connectivity index (χ2n) is 3.66. The van der Waals surface area contributed by atoms with Crippen molar-refractivity contribution in [2.75, 3.05) is 6.54 Å². The van der Waals surface area contributed by atoms with Gasteiger partial charge in [-0.05, 0) is 23.8 Å². The quantitative estimate of drug-likeness (QED) is 0.708. The van der Waals surface area contributed by atoms with Crippen LogP contribution in [0, 0.1) is 0 Å². The molecule has 0 fully saturated rings. The van der Waals surface area contributed by atoms with Gasteiger partial charge < -0.3 is 16.2 Å². The summed E-state index contributed by atoms with van der Waals surface area (Å²) in [5.74, 6) is -1.38. The summed E-state index contributed by atoms with van der Waals surface area (Å²) in [5, 5.41) is 12.3. The van der Waals surface area contributed by atoms with E-state index >= 15 is 0 Å². The molecule has 7 heteroatoms. The molecule has 4 N–H and O–H groups in total. The molecule has 0 aliphatic carbocycles. The smallest absolute Gasteiger partial charge is 0.248 e. The maximum atomic E-state index is 11.4. The van der Waals surface area contributed by atoms with Crippen LogP contribution in [-0.4, -0.2) is 29.6 Å². The van der Waals surface area contributed by atoms with Crippen LogP contribution in [0.2, 0.25) is 10.0 Å². The summed E-state index contributed by atoms with van der Waals surface area (Å²) in [4.78, 5) is 21.9. The maximum Gasteiger partial charge on any atom is 0.248 e. The van der Waals surface area contributed by atoms with Gasteiger partial charge in [-0.15, -0.1) is 0 Å². The second-order valence-corrected chi connectivity index (χ2v) is 4.51. The lowest BCUT2D eigenvalue weighted by atomic mass is 10.2. The summed E-state index contributed by atoms with van der Waals surface area (Å²) < 4.78 is 0. The van der Waals surface area contributed by atoms with Gasteiger partial charge in [0.2, 0.25) is 11.8 Å². The number of carbonyl (C=O) groups excluding carboxylic acids is 2. The summed E-state index contributed by atoms with van der Waals surface area (Å²) >= 11 is 11.6. The first-order valence-corrected chi connectivity index (χ1v) is 6.04. The predicted molar refractivity (Wildman–Crippen MR) is 73.7 cm³/mol. The molecule has 0 aromatic heterocycles. The molecule has 0 radical (unpaired) electrons. The molecule has 0 bridgehead atoms. The molecule has 1 aromatic carbocycles. The fourth-order valence-electron chi connectivity index (χ4n) is 1.16. The lowest BCUT2D eigenvalue weighted by Gasteiger charge is -2.06. The van der Waals surface area contributed by atoms with Gasteiger partial charge in [0.15, 0.2) is 0 Å². The Bertz CT molecular complexity index is 518. The SMILES string of the molecule is NC(=O)C(O)CNC(=O)/C=C/c1ccc(Cl)cc1Cl. The summed E-state index contributed by atoms with van der Waals surface area (Å²) in [5.41, 5.74) is 5.45. The van der Waals surface area contributed by atoms with Crippen molar-refractivity contribution in [1.82, 2.24) is 5.32 Å². The van der Waals surface area contributed by atoms with E-state index in [0.717, 1.165) is 0 Å². The van der Waals surface area contributed by atoms with Crippen molar-refractivity contribution in [2.45, 2.75) is 6.10 Å². The van der Waals surface area contributed by atoms with E-state index in [0.29, 0.717) is 15.6 Å². The zero-order valence-corrected chi connectivity index (χ0v) is 11.3. The molecule has 0 saturated carbocycles. The predicted octanol–water partition coefficient (Wildman–Crippen LogP) is 0.969. The van der Waals surface area contributed by atoms with Gasteiger partial charge in [0.25, 0.3) is 0 Å². The van der Waals surface area contributed by atoms with E-state index < -0.39 is 17.9 Å². The van der Waals surface area contributed by atoms with Crippen molar-refractivity contribution < 1.29 is 14.7 Å². The number of benzene rings is 1. The van der Waals surface area contributed by atoms with Gasteiger partial charge >= 0.3 is 0 Å². The molecule has 0 heterocycles. The minimum Gasteiger partial charge on any atom is -0.381 e. The Morgan fingerprint density at radius 2 is 2.11 bits per heavy atom. The van der Waals surface area contributed by atoms with Crippen LogP contribution in [0.25, 0.3) is 6.08 Å². The average molecular weight is 303 g/mol. The molecule has 2 amide bonds. The van der Waals surface area contributed by atoms with Crippen LogP contribution >= 0.6 is 23.2 Å². The third kappa shape index (κ3) is 5.30. The van der Waals surface area contributed by atoms with Crippen LogP contribution in [0.1, 0.15) is 5.56 Å². The third-order valence-corrected chi connectivity index (χ3v) is 2.74. The van der Waals surface area contributed by atoms with E-state index in [2.05, 4.69) is 5.32 Å². The Hall–Kier alpha value is -1.56. The summed E-state index contributed by atoms with van der Waals surface area (Å²) in [6.45, 7) is -0.243. The van der Waals surface area contributed by atoms with Crippen LogP contribution in [0.15, 0.2) is 24.3 Å². The average Bonchev–Trinajstić information content (AvgIpc) is 2.34. The minimum atomic E-state index is -1.41. The maximum absolute atomic E-state index is 11.4. The standard InChI is InChI=1S/C12H12Cl2N2O3/c13-8-3-1-7(9(14)5-8)2-4-11(18)16-6-10(17)12(15)19/h1-5,10,17H,6H2,(H2,15,19)(H,16,18)/b4-2+. The lowest BCUT2D eigenvalue weighted by Crippen LogP contribution is -2.39. The Labute approximate surface area is 120 Å². The topological polar surface area (TPSA) is 92.4 Å². The summed E-state index contributed by atoms with van der Waals surface area (Å²) in [6, 6.07) is 4.85. The number of carbonyl (C=O) groups is 2. The molecule has 1 aromatic rings. The molecular weight excluding hydrogens is 291 g/mol. The third-order valence-electron chi connectivity index (χ3n) is 2.17. The largest absolute Gasteiger partial charge is 0.381 e. The summed E-state index contributed by atoms with van der Waals surface area (Å²) in [6.07, 6.45) is 1.31. The molecular formula is C12H12Cl2N2O3. The fourth-order valence-corrected chi connectivity index (χ4v) is 1.63. The highest BCUT2D eigenvalue weighted by Crippen LogP contribution is 2.21. The molecule has 1 unspecified atom stereocenters. The number of hydrogen-bond donors (Lipinski definition) is 3. The van der Waals surface area contributed by atoms with Crippen LogP contribution in [0.5, 0.6) is 0 Å². The molecule has 0 spiro atoms. The highest BCUT2D eigenvalue weighted by Gasteiger charge is 2.10. The van der Waals surface area contributed by atoms with Crippen molar-refractivity contribution in [3.05, 3.63) is 39.9 Å². The Kier molecular flexibility index (Phi) is 5.82. The number of aliphatic hydroxyl groups is 1. The highest BCUT2D eigenvalue weighted by atomic mass is 35.5. The van der Waals surface area contributed by atoms with E-state index in [-0.39, 0.29) is 6.54 Å². The van der Waals surface area contributed by atoms with Gasteiger partial charge in [0.05, 0.1) is 6.54 Å². The van der Waals surface area contributed by atoms with Gasteiger partial charge in [0, 0.05) is 16.1 Å². The fraction of sp³-hybridized carbons (Fsp3) is 0.167. The van der Waals surface area contributed by atoms with Gasteiger partial charge in [-0.2, -0.15) is 0 Å². The molecule has 102 valence electrons. The van der Waals surface area contributed by atoms with E-state index in [1.54, 1.807) is 18.2 Å². The summed E-state index contributed by atoms with van der Waals surface area (Å²) in [7, 11) is 0. The molecule has 0 aliphatic rings. The molecule has 1 atom stereocenters. The normalized spacial score (nSPS) is 12.4. The van der Waals surface area contributed by atoms with Crippen LogP contribution in [0.3, 0.4) is 0 Å². The Morgan fingerprint density at radius 1 is 1.42 bits per heavy atom. The van der Waals surface area contributed by atoms with Gasteiger partial charge in [0.1, 0.15) is 6.10 Å². The lowest BCUT2D eigenvalue weighted by molar-refractivity contribution is -0.126. The first-order valence-electron chi connectivity index (χ1n) is 5.28. The molecule has 19 heavy (non-hydrogen) atoms. The molecule has 5 nitrogen and oxygen atoms in total. The number of rotatable bonds is 5. The van der Waals surface area contributed by atoms with Crippen LogP contribution in [-0.2, 0) is 9.59 Å². The number of nitrogens with two attached hydrogens (primary N) is 1. The first-order chi connectivity index (χ1) is 8.90. The zero-order chi connectivity index (χ0) is 14.4. The molecule has 0 saturated heterocycles. The van der Waals surface area contributed by atoms with Gasteiger partial charge in [-0.25, -0.2) is 0 Å². The van der Waals surface area contributed by atoms with E-state index in [1.807, 2.05) is 0 Å². The van der Waals surface area contributed by atoms with E-state index in [1.165, 1.54) is 12.2 Å².